The van der Waals surface area contributed by atoms with Crippen molar-refractivity contribution >= 4 is 34.9 Å². The average molecular weight is 572 g/mol. The zero-order valence-corrected chi connectivity index (χ0v) is 23.0. The Kier molecular flexibility index (Phi) is 9.28. The Hall–Kier alpha value is -4.39. The van der Waals surface area contributed by atoms with Gasteiger partial charge in [-0.2, -0.15) is 13.2 Å². The number of aromatic nitrogens is 2. The van der Waals surface area contributed by atoms with Gasteiger partial charge in [-0.1, -0.05) is 6.07 Å². The van der Waals surface area contributed by atoms with Crippen molar-refractivity contribution in [3.63, 3.8) is 0 Å². The minimum absolute atomic E-state index is 0.0961. The quantitative estimate of drug-likeness (QED) is 0.322. The summed E-state index contributed by atoms with van der Waals surface area (Å²) in [6.45, 7) is 4.57. The van der Waals surface area contributed by atoms with Crippen LogP contribution in [0.5, 0.6) is 5.75 Å². The molecule has 1 aromatic heterocycles. The molecule has 2 heterocycles. The fourth-order valence-electron chi connectivity index (χ4n) is 4.28. The Morgan fingerprint density at radius 2 is 1.78 bits per heavy atom. The van der Waals surface area contributed by atoms with Gasteiger partial charge in [0.25, 0.3) is 5.91 Å². The van der Waals surface area contributed by atoms with Crippen molar-refractivity contribution in [2.75, 3.05) is 61.2 Å². The van der Waals surface area contributed by atoms with Gasteiger partial charge in [-0.15, -0.1) is 0 Å². The van der Waals surface area contributed by atoms with Crippen LogP contribution in [-0.2, 0) is 6.18 Å². The topological polar surface area (TPSA) is 112 Å². The highest BCUT2D eigenvalue weighted by atomic mass is 19.4. The standard InChI is InChI=1S/C28H32F3N7O3/c1-18-6-7-19(14-21(18)36-27(40)37(3)25-16-24(32-2)33-17-34-25)26(39)35-22-15-20(28(29,30)31)8-9-23(22)41-13-12-38-10-4-5-11-38/h6-9,14-17H,4-5,10-13H2,1-3H3,(H,35,39)(H,36,40)(H,32,33,34). The van der Waals surface area contributed by atoms with Crippen molar-refractivity contribution in [3.8, 4) is 5.75 Å². The summed E-state index contributed by atoms with van der Waals surface area (Å²) in [7, 11) is 3.22. The van der Waals surface area contributed by atoms with Gasteiger partial charge in [0.05, 0.1) is 11.3 Å². The molecular weight excluding hydrogens is 539 g/mol. The molecule has 13 heteroatoms. The average Bonchev–Trinajstić information content (AvgIpc) is 3.47. The first-order chi connectivity index (χ1) is 19.5. The molecule has 4 rings (SSSR count). The van der Waals surface area contributed by atoms with E-state index < -0.39 is 23.7 Å². The van der Waals surface area contributed by atoms with Gasteiger partial charge in [-0.05, 0) is 68.8 Å². The van der Waals surface area contributed by atoms with Crippen molar-refractivity contribution in [2.24, 2.45) is 0 Å². The highest BCUT2D eigenvalue weighted by molar-refractivity contribution is 6.07. The Labute approximate surface area is 235 Å². The molecule has 0 unspecified atom stereocenters. The fraction of sp³-hybridized carbons (Fsp3) is 0.357. The Morgan fingerprint density at radius 1 is 1.02 bits per heavy atom. The molecule has 218 valence electrons. The summed E-state index contributed by atoms with van der Waals surface area (Å²) in [5.41, 5.74) is 0.149. The summed E-state index contributed by atoms with van der Waals surface area (Å²) >= 11 is 0. The van der Waals surface area contributed by atoms with Crippen LogP contribution in [0.15, 0.2) is 48.8 Å². The molecule has 0 spiro atoms. The molecule has 3 amide bonds. The molecular formula is C28H32F3N7O3. The van der Waals surface area contributed by atoms with Crippen LogP contribution in [0.3, 0.4) is 0 Å². The van der Waals surface area contributed by atoms with E-state index >= 15 is 0 Å². The van der Waals surface area contributed by atoms with E-state index in [1.54, 1.807) is 26.1 Å². The van der Waals surface area contributed by atoms with Crippen molar-refractivity contribution < 1.29 is 27.5 Å². The minimum Gasteiger partial charge on any atom is -0.490 e. The van der Waals surface area contributed by atoms with Crippen LogP contribution in [0.4, 0.5) is 41.0 Å². The molecule has 0 atom stereocenters. The first kappa shape index (κ1) is 29.6. The minimum atomic E-state index is -4.60. The summed E-state index contributed by atoms with van der Waals surface area (Å²) in [6.07, 6.45) is -1.07. The third-order valence-electron chi connectivity index (χ3n) is 6.72. The number of ether oxygens (including phenoxy) is 1. The predicted octanol–water partition coefficient (Wildman–Crippen LogP) is 5.24. The number of anilines is 4. The maximum absolute atomic E-state index is 13.4. The van der Waals surface area contributed by atoms with Crippen LogP contribution in [0, 0.1) is 6.92 Å². The zero-order valence-electron chi connectivity index (χ0n) is 23.0. The van der Waals surface area contributed by atoms with Crippen LogP contribution >= 0.6 is 0 Å². The smallest absolute Gasteiger partial charge is 0.416 e. The number of aryl methyl sites for hydroxylation is 1. The number of carbonyl (C=O) groups is 2. The molecule has 10 nitrogen and oxygen atoms in total. The second kappa shape index (κ2) is 12.9. The lowest BCUT2D eigenvalue weighted by Crippen LogP contribution is -2.32. The molecule has 3 aromatic rings. The van der Waals surface area contributed by atoms with Crippen molar-refractivity contribution in [1.29, 1.82) is 0 Å². The summed E-state index contributed by atoms with van der Waals surface area (Å²) in [6, 6.07) is 8.68. The van der Waals surface area contributed by atoms with E-state index in [0.717, 1.165) is 38.1 Å². The van der Waals surface area contributed by atoms with E-state index in [4.69, 9.17) is 4.74 Å². The van der Waals surface area contributed by atoms with E-state index in [0.29, 0.717) is 29.4 Å². The van der Waals surface area contributed by atoms with Crippen molar-refractivity contribution in [1.82, 2.24) is 14.9 Å². The number of likely N-dealkylation sites (tertiary alicyclic amines) is 1. The highest BCUT2D eigenvalue weighted by Crippen LogP contribution is 2.35. The van der Waals surface area contributed by atoms with Gasteiger partial charge < -0.3 is 20.7 Å². The lowest BCUT2D eigenvalue weighted by molar-refractivity contribution is -0.137. The Bertz CT molecular complexity index is 1390. The fourth-order valence-corrected chi connectivity index (χ4v) is 4.28. The third-order valence-corrected chi connectivity index (χ3v) is 6.72. The molecule has 3 N–H and O–H groups in total. The second-order valence-electron chi connectivity index (χ2n) is 9.59. The predicted molar refractivity (Wildman–Crippen MR) is 151 cm³/mol. The molecule has 0 aliphatic carbocycles. The molecule has 2 aromatic carbocycles. The van der Waals surface area contributed by atoms with Gasteiger partial charge in [0.2, 0.25) is 0 Å². The van der Waals surface area contributed by atoms with Crippen LogP contribution in [0.2, 0.25) is 0 Å². The number of halogens is 3. The number of urea groups is 1. The van der Waals surface area contributed by atoms with E-state index in [1.165, 1.54) is 36.5 Å². The second-order valence-corrected chi connectivity index (χ2v) is 9.59. The molecule has 41 heavy (non-hydrogen) atoms. The highest BCUT2D eigenvalue weighted by Gasteiger charge is 2.31. The number of alkyl halides is 3. The lowest BCUT2D eigenvalue weighted by atomic mass is 10.1. The third kappa shape index (κ3) is 7.63. The molecule has 1 fully saturated rings. The van der Waals surface area contributed by atoms with Crippen molar-refractivity contribution in [3.05, 3.63) is 65.5 Å². The number of amides is 3. The number of benzene rings is 2. The van der Waals surface area contributed by atoms with Crippen LogP contribution in [0.25, 0.3) is 0 Å². The van der Waals surface area contributed by atoms with Crippen LogP contribution in [-0.4, -0.2) is 67.1 Å². The van der Waals surface area contributed by atoms with E-state index in [2.05, 4.69) is 30.8 Å². The SMILES string of the molecule is CNc1cc(N(C)C(=O)Nc2cc(C(=O)Nc3cc(C(F)(F)F)ccc3OCCN3CCCC3)ccc2C)ncn1. The van der Waals surface area contributed by atoms with E-state index in [9.17, 15) is 22.8 Å². The van der Waals surface area contributed by atoms with Crippen LogP contribution in [0.1, 0.15) is 34.3 Å². The van der Waals surface area contributed by atoms with Gasteiger partial charge in [-0.25, -0.2) is 14.8 Å². The number of nitrogens with one attached hydrogen (secondary N) is 3. The van der Waals surface area contributed by atoms with E-state index in [1.807, 2.05) is 0 Å². The Morgan fingerprint density at radius 3 is 2.49 bits per heavy atom. The zero-order chi connectivity index (χ0) is 29.6. The number of carbonyl (C=O) groups excluding carboxylic acids is 2. The number of rotatable bonds is 9. The lowest BCUT2D eigenvalue weighted by Gasteiger charge is -2.19. The van der Waals surface area contributed by atoms with Gasteiger partial charge in [0.15, 0.2) is 0 Å². The summed E-state index contributed by atoms with van der Waals surface area (Å²) in [5, 5.41) is 8.17. The monoisotopic (exact) mass is 571 g/mol. The maximum Gasteiger partial charge on any atom is 0.416 e. The first-order valence-electron chi connectivity index (χ1n) is 13.1. The van der Waals surface area contributed by atoms with E-state index in [-0.39, 0.29) is 23.6 Å². The summed E-state index contributed by atoms with van der Waals surface area (Å²) in [5.74, 6) is 0.347. The molecule has 1 aliphatic rings. The molecule has 0 bridgehead atoms. The largest absolute Gasteiger partial charge is 0.490 e. The number of hydrogen-bond acceptors (Lipinski definition) is 7. The normalized spacial score (nSPS) is 13.5. The summed E-state index contributed by atoms with van der Waals surface area (Å²) < 4.78 is 46.1. The Balaban J connectivity index is 1.50. The first-order valence-corrected chi connectivity index (χ1v) is 13.1. The summed E-state index contributed by atoms with van der Waals surface area (Å²) in [4.78, 5) is 37.7. The van der Waals surface area contributed by atoms with Gasteiger partial charge in [-0.3, -0.25) is 14.6 Å². The van der Waals surface area contributed by atoms with Crippen molar-refractivity contribution in [2.45, 2.75) is 25.9 Å². The molecule has 1 saturated heterocycles. The maximum atomic E-state index is 13.4. The van der Waals surface area contributed by atoms with Gasteiger partial charge in [0, 0.05) is 38.0 Å². The van der Waals surface area contributed by atoms with Gasteiger partial charge >= 0.3 is 12.2 Å². The number of hydrogen-bond donors (Lipinski definition) is 3. The van der Waals surface area contributed by atoms with Gasteiger partial charge in [0.1, 0.15) is 30.3 Å². The number of nitrogens with zero attached hydrogens (tertiary/aromatic N) is 4. The molecule has 1 aliphatic heterocycles. The molecule has 0 radical (unpaired) electrons. The van der Waals surface area contributed by atoms with Crippen LogP contribution < -0.4 is 25.6 Å². The molecule has 0 saturated carbocycles.